The first-order chi connectivity index (χ1) is 8.95. The van der Waals surface area contributed by atoms with Crippen molar-refractivity contribution in [1.29, 1.82) is 0 Å². The average Bonchev–Trinajstić information content (AvgIpc) is 2.37. The number of aromatic nitrogens is 1. The first kappa shape index (κ1) is 13.7. The predicted octanol–water partition coefficient (Wildman–Crippen LogP) is 1.51. The van der Waals surface area contributed by atoms with Gasteiger partial charge < -0.3 is 15.0 Å². The minimum Gasteiger partial charge on any atom is -0.377 e. The largest absolute Gasteiger partial charge is 0.377 e. The molecule has 1 amide bonds. The molecule has 5 nitrogen and oxygen atoms in total. The smallest absolute Gasteiger partial charge is 0.258 e. The molecule has 0 saturated carbocycles. The molecule has 0 unspecified atom stereocenters. The van der Waals surface area contributed by atoms with Crippen LogP contribution < -0.4 is 5.32 Å². The zero-order valence-electron chi connectivity index (χ0n) is 11.4. The van der Waals surface area contributed by atoms with Gasteiger partial charge in [0.25, 0.3) is 5.91 Å². The van der Waals surface area contributed by atoms with E-state index in [1.165, 1.54) is 6.07 Å². The van der Waals surface area contributed by atoms with Crippen molar-refractivity contribution in [3.05, 3.63) is 23.6 Å². The maximum atomic E-state index is 13.3. The van der Waals surface area contributed by atoms with Gasteiger partial charge in [-0.25, -0.2) is 9.37 Å². The second kappa shape index (κ2) is 5.13. The van der Waals surface area contributed by atoms with E-state index in [0.29, 0.717) is 25.6 Å². The summed E-state index contributed by atoms with van der Waals surface area (Å²) in [6, 6.07) is 1.21. The lowest BCUT2D eigenvalue weighted by Gasteiger charge is -2.42. The molecule has 0 aromatic carbocycles. The Labute approximate surface area is 111 Å². The minimum atomic E-state index is -0.520. The molecule has 2 heterocycles. The molecule has 104 valence electrons. The number of nitrogens with one attached hydrogen (secondary N) is 1. The molecule has 1 N–H and O–H groups in total. The van der Waals surface area contributed by atoms with Crippen molar-refractivity contribution >= 4 is 11.7 Å². The molecular weight excluding hydrogens is 249 g/mol. The van der Waals surface area contributed by atoms with Gasteiger partial charge in [0, 0.05) is 13.6 Å². The van der Waals surface area contributed by atoms with E-state index in [1.54, 1.807) is 11.9 Å². The first-order valence-electron chi connectivity index (χ1n) is 6.19. The third kappa shape index (κ3) is 2.68. The summed E-state index contributed by atoms with van der Waals surface area (Å²) in [5.74, 6) is -0.369. The van der Waals surface area contributed by atoms with Gasteiger partial charge in [0.2, 0.25) is 0 Å². The Bertz CT molecular complexity index is 491. The lowest BCUT2D eigenvalue weighted by Crippen LogP contribution is -2.55. The number of anilines is 1. The van der Waals surface area contributed by atoms with Gasteiger partial charge in [0.05, 0.1) is 30.5 Å². The number of morpholine rings is 1. The van der Waals surface area contributed by atoms with Crippen LogP contribution in [-0.4, -0.2) is 48.1 Å². The highest BCUT2D eigenvalue weighted by Gasteiger charge is 2.35. The van der Waals surface area contributed by atoms with Gasteiger partial charge in [-0.3, -0.25) is 4.79 Å². The lowest BCUT2D eigenvalue weighted by molar-refractivity contribution is -0.0370. The molecule has 1 aromatic rings. The standard InChI is InChI=1S/C13H18FN3O2/c1-13(2)8-19-5-4-17(13)12(18)10-6-9(14)7-16-11(10)15-3/h6-7H,4-5,8H2,1-3H3,(H,15,16). The lowest BCUT2D eigenvalue weighted by atomic mass is 10.0. The van der Waals surface area contributed by atoms with E-state index in [-0.39, 0.29) is 11.5 Å². The molecule has 19 heavy (non-hydrogen) atoms. The van der Waals surface area contributed by atoms with Crippen molar-refractivity contribution in [2.45, 2.75) is 19.4 Å². The van der Waals surface area contributed by atoms with Gasteiger partial charge in [-0.15, -0.1) is 0 Å². The first-order valence-corrected chi connectivity index (χ1v) is 6.19. The molecule has 6 heteroatoms. The van der Waals surface area contributed by atoms with Crippen molar-refractivity contribution in [2.24, 2.45) is 0 Å². The highest BCUT2D eigenvalue weighted by Crippen LogP contribution is 2.24. The maximum Gasteiger partial charge on any atom is 0.258 e. The van der Waals surface area contributed by atoms with E-state index in [4.69, 9.17) is 4.74 Å². The summed E-state index contributed by atoms with van der Waals surface area (Å²) in [5.41, 5.74) is -0.162. The molecule has 1 saturated heterocycles. The van der Waals surface area contributed by atoms with E-state index in [1.807, 2.05) is 13.8 Å². The summed E-state index contributed by atoms with van der Waals surface area (Å²) in [6.45, 7) is 5.31. The van der Waals surface area contributed by atoms with Gasteiger partial charge in [-0.1, -0.05) is 0 Å². The maximum absolute atomic E-state index is 13.3. The van der Waals surface area contributed by atoms with Crippen LogP contribution in [0.4, 0.5) is 10.2 Å². The number of nitrogens with zero attached hydrogens (tertiary/aromatic N) is 2. The van der Waals surface area contributed by atoms with Crippen LogP contribution in [0.2, 0.25) is 0 Å². The van der Waals surface area contributed by atoms with Crippen molar-refractivity contribution in [3.63, 3.8) is 0 Å². The number of halogens is 1. The average molecular weight is 267 g/mol. The molecule has 1 aromatic heterocycles. The summed E-state index contributed by atoms with van der Waals surface area (Å²) < 4.78 is 18.7. The molecule has 0 spiro atoms. The fourth-order valence-corrected chi connectivity index (χ4v) is 2.18. The van der Waals surface area contributed by atoms with Crippen LogP contribution in [0, 0.1) is 5.82 Å². The highest BCUT2D eigenvalue weighted by molar-refractivity contribution is 5.99. The van der Waals surface area contributed by atoms with Crippen molar-refractivity contribution in [1.82, 2.24) is 9.88 Å². The van der Waals surface area contributed by atoms with E-state index in [9.17, 15) is 9.18 Å². The van der Waals surface area contributed by atoms with Gasteiger partial charge in [0.15, 0.2) is 0 Å². The normalized spacial score (nSPS) is 18.2. The fraction of sp³-hybridized carbons (Fsp3) is 0.538. The highest BCUT2D eigenvalue weighted by atomic mass is 19.1. The summed E-state index contributed by atoms with van der Waals surface area (Å²) in [4.78, 5) is 18.2. The second-order valence-corrected chi connectivity index (χ2v) is 5.12. The van der Waals surface area contributed by atoms with Crippen LogP contribution in [0.15, 0.2) is 12.3 Å². The molecule has 0 aliphatic carbocycles. The topological polar surface area (TPSA) is 54.5 Å². The minimum absolute atomic E-state index is 0.232. The van der Waals surface area contributed by atoms with E-state index >= 15 is 0 Å². The van der Waals surface area contributed by atoms with E-state index < -0.39 is 11.4 Å². The third-order valence-electron chi connectivity index (χ3n) is 3.21. The number of carbonyl (C=O) groups is 1. The number of ether oxygens (including phenoxy) is 1. The van der Waals surface area contributed by atoms with Gasteiger partial charge in [-0.05, 0) is 19.9 Å². The van der Waals surface area contributed by atoms with Crippen LogP contribution in [0.1, 0.15) is 24.2 Å². The van der Waals surface area contributed by atoms with Gasteiger partial charge in [0.1, 0.15) is 11.6 Å². The second-order valence-electron chi connectivity index (χ2n) is 5.12. The van der Waals surface area contributed by atoms with Crippen molar-refractivity contribution < 1.29 is 13.9 Å². The van der Waals surface area contributed by atoms with Crippen LogP contribution in [0.3, 0.4) is 0 Å². The Kier molecular flexibility index (Phi) is 3.71. The SMILES string of the molecule is CNc1ncc(F)cc1C(=O)N1CCOCC1(C)C. The molecule has 0 bridgehead atoms. The Balaban J connectivity index is 2.35. The molecule has 1 aliphatic rings. The van der Waals surface area contributed by atoms with Gasteiger partial charge >= 0.3 is 0 Å². The fourth-order valence-electron chi connectivity index (χ4n) is 2.18. The summed E-state index contributed by atoms with van der Waals surface area (Å²) in [7, 11) is 1.65. The number of hydrogen-bond acceptors (Lipinski definition) is 4. The summed E-state index contributed by atoms with van der Waals surface area (Å²) in [5, 5.41) is 2.81. The monoisotopic (exact) mass is 267 g/mol. The number of hydrogen-bond donors (Lipinski definition) is 1. The predicted molar refractivity (Wildman–Crippen MR) is 69.7 cm³/mol. The zero-order chi connectivity index (χ0) is 14.0. The number of pyridine rings is 1. The Hall–Kier alpha value is -1.69. The van der Waals surface area contributed by atoms with Crippen LogP contribution in [0.25, 0.3) is 0 Å². The molecule has 2 rings (SSSR count). The summed E-state index contributed by atoms with van der Waals surface area (Å²) >= 11 is 0. The molecular formula is C13H18FN3O2. The van der Waals surface area contributed by atoms with Crippen LogP contribution in [0.5, 0.6) is 0 Å². The Morgan fingerprint density at radius 2 is 2.32 bits per heavy atom. The molecule has 1 fully saturated rings. The summed E-state index contributed by atoms with van der Waals surface area (Å²) in [6.07, 6.45) is 1.09. The van der Waals surface area contributed by atoms with Gasteiger partial charge in [-0.2, -0.15) is 0 Å². The van der Waals surface area contributed by atoms with Crippen molar-refractivity contribution in [3.8, 4) is 0 Å². The van der Waals surface area contributed by atoms with Crippen LogP contribution in [-0.2, 0) is 4.74 Å². The molecule has 0 radical (unpaired) electrons. The quantitative estimate of drug-likeness (QED) is 0.882. The molecule has 1 aliphatic heterocycles. The number of amides is 1. The Morgan fingerprint density at radius 3 is 2.95 bits per heavy atom. The zero-order valence-corrected chi connectivity index (χ0v) is 11.4. The van der Waals surface area contributed by atoms with E-state index in [0.717, 1.165) is 6.20 Å². The van der Waals surface area contributed by atoms with E-state index in [2.05, 4.69) is 10.3 Å². The van der Waals surface area contributed by atoms with Crippen LogP contribution >= 0.6 is 0 Å². The van der Waals surface area contributed by atoms with Crippen molar-refractivity contribution in [2.75, 3.05) is 32.1 Å². The number of rotatable bonds is 2. The molecule has 0 atom stereocenters. The number of carbonyl (C=O) groups excluding carboxylic acids is 1. The Morgan fingerprint density at radius 1 is 1.58 bits per heavy atom. The third-order valence-corrected chi connectivity index (χ3v) is 3.21.